The quantitative estimate of drug-likeness (QED) is 0.482. The lowest BCUT2D eigenvalue weighted by atomic mass is 9.86. The normalized spacial score (nSPS) is 18.3. The minimum atomic E-state index is -0.706. The van der Waals surface area contributed by atoms with Crippen molar-refractivity contribution in [1.82, 2.24) is 24.7 Å². The van der Waals surface area contributed by atoms with Gasteiger partial charge in [0.1, 0.15) is 10.5 Å². The predicted molar refractivity (Wildman–Crippen MR) is 132 cm³/mol. The largest absolute Gasteiger partial charge is 0.327 e. The third kappa shape index (κ3) is 4.35. The Morgan fingerprint density at radius 1 is 1.03 bits per heavy atom. The third-order valence-electron chi connectivity index (χ3n) is 7.06. The molecule has 0 aliphatic carbocycles. The molecular weight excluding hydrogens is 446 g/mol. The van der Waals surface area contributed by atoms with Crippen LogP contribution >= 0.6 is 11.3 Å². The summed E-state index contributed by atoms with van der Waals surface area (Å²) >= 11 is 1.67. The molecule has 1 aromatic carbocycles. The molecule has 4 heterocycles. The van der Waals surface area contributed by atoms with Gasteiger partial charge in [0.2, 0.25) is 0 Å². The van der Waals surface area contributed by atoms with Crippen LogP contribution in [0.3, 0.4) is 0 Å². The highest BCUT2D eigenvalue weighted by atomic mass is 32.1. The zero-order valence-electron chi connectivity index (χ0n) is 19.4. The summed E-state index contributed by atoms with van der Waals surface area (Å²) in [6.07, 6.45) is 6.43. The highest BCUT2D eigenvalue weighted by Crippen LogP contribution is 2.37. The molecule has 0 radical (unpaired) electrons. The number of likely N-dealkylation sites (tertiary alicyclic amines) is 1. The van der Waals surface area contributed by atoms with Crippen molar-refractivity contribution in [3.63, 3.8) is 0 Å². The van der Waals surface area contributed by atoms with E-state index < -0.39 is 5.54 Å². The number of urea groups is 1. The summed E-state index contributed by atoms with van der Waals surface area (Å²) in [5.74, 6) is -0.0324. The number of nitrogens with zero attached hydrogens (tertiary/aromatic N) is 5. The molecule has 34 heavy (non-hydrogen) atoms. The second kappa shape index (κ2) is 9.64. The maximum Gasteiger partial charge on any atom is 0.327 e. The Labute approximate surface area is 204 Å². The number of likely N-dealkylation sites (N-methyl/N-ethyl adjacent to an activating group) is 1. The maximum absolute atomic E-state index is 13.4. The monoisotopic (exact) mass is 475 g/mol. The molecule has 2 saturated heterocycles. The van der Waals surface area contributed by atoms with Crippen LogP contribution in [0.5, 0.6) is 0 Å². The van der Waals surface area contributed by atoms with E-state index in [1.807, 2.05) is 30.3 Å². The Balaban J connectivity index is 1.18. The molecule has 8 heteroatoms. The van der Waals surface area contributed by atoms with E-state index in [2.05, 4.69) is 27.4 Å². The van der Waals surface area contributed by atoms with Gasteiger partial charge < -0.3 is 4.90 Å². The molecule has 0 saturated carbocycles. The van der Waals surface area contributed by atoms with E-state index in [1.165, 1.54) is 10.5 Å². The van der Waals surface area contributed by atoms with Gasteiger partial charge in [-0.2, -0.15) is 0 Å². The van der Waals surface area contributed by atoms with Crippen LogP contribution in [-0.4, -0.2) is 68.8 Å². The van der Waals surface area contributed by atoms with Gasteiger partial charge >= 0.3 is 6.03 Å². The highest BCUT2D eigenvalue weighted by molar-refractivity contribution is 7.09. The fraction of sp³-hybridized carbons (Fsp3) is 0.385. The number of aromatic nitrogens is 2. The smallest absolute Gasteiger partial charge is 0.312 e. The van der Waals surface area contributed by atoms with Crippen LogP contribution in [-0.2, 0) is 17.8 Å². The number of imide groups is 1. The van der Waals surface area contributed by atoms with Crippen molar-refractivity contribution in [2.24, 2.45) is 0 Å². The van der Waals surface area contributed by atoms with Crippen LogP contribution in [0.4, 0.5) is 4.79 Å². The number of rotatable bonds is 7. The van der Waals surface area contributed by atoms with Crippen LogP contribution in [0.25, 0.3) is 11.3 Å². The number of carbonyl (C=O) groups excluding carboxylic acids is 2. The first-order valence-electron chi connectivity index (χ1n) is 11.8. The number of carbonyl (C=O) groups is 2. The van der Waals surface area contributed by atoms with E-state index in [9.17, 15) is 9.59 Å². The van der Waals surface area contributed by atoms with Gasteiger partial charge in [0.05, 0.1) is 12.2 Å². The number of hydrogen-bond acceptors (Lipinski definition) is 6. The number of hydrogen-bond donors (Lipinski definition) is 0. The number of pyridine rings is 1. The summed E-state index contributed by atoms with van der Waals surface area (Å²) in [5, 5.41) is 3.18. The molecule has 2 aromatic heterocycles. The molecule has 176 valence electrons. The van der Waals surface area contributed by atoms with E-state index >= 15 is 0 Å². The second-order valence-corrected chi connectivity index (χ2v) is 10.0. The number of piperidine rings is 1. The first-order chi connectivity index (χ1) is 16.6. The first kappa shape index (κ1) is 22.7. The van der Waals surface area contributed by atoms with Gasteiger partial charge in [-0.15, -0.1) is 11.3 Å². The standard InChI is InChI=1S/C26H29N5O2S/c1-29-25(33)31(15-5-6-20-9-13-27-14-10-20)24(32)26(29)11-16-30(17-12-26)18-23-28-22(19-34-23)21-7-3-2-4-8-21/h2-4,7-10,13-14,19H,5-6,11-12,15-18H2,1H3. The maximum atomic E-state index is 13.4. The van der Waals surface area contributed by atoms with Gasteiger partial charge in [0.25, 0.3) is 5.91 Å². The first-order valence-corrected chi connectivity index (χ1v) is 12.7. The Morgan fingerprint density at radius 2 is 1.76 bits per heavy atom. The lowest BCUT2D eigenvalue weighted by molar-refractivity contribution is -0.135. The van der Waals surface area contributed by atoms with Gasteiger partial charge in [-0.25, -0.2) is 9.78 Å². The fourth-order valence-corrected chi connectivity index (χ4v) is 5.82. The van der Waals surface area contributed by atoms with Crippen molar-refractivity contribution in [2.75, 3.05) is 26.7 Å². The Hall–Kier alpha value is -3.10. The van der Waals surface area contributed by atoms with Crippen LogP contribution in [0.1, 0.15) is 29.8 Å². The highest BCUT2D eigenvalue weighted by Gasteiger charge is 2.56. The minimum Gasteiger partial charge on any atom is -0.312 e. The predicted octanol–water partition coefficient (Wildman–Crippen LogP) is 4.07. The minimum absolute atomic E-state index is 0.0324. The molecule has 5 rings (SSSR count). The number of thiazole rings is 1. The molecule has 0 unspecified atom stereocenters. The van der Waals surface area contributed by atoms with Crippen LogP contribution in [0.15, 0.2) is 60.2 Å². The molecule has 7 nitrogen and oxygen atoms in total. The molecule has 1 spiro atoms. The van der Waals surface area contributed by atoms with E-state index in [0.717, 1.165) is 48.7 Å². The number of aryl methyl sites for hydroxylation is 1. The van der Waals surface area contributed by atoms with Gasteiger partial charge in [0.15, 0.2) is 0 Å². The molecule has 0 atom stereocenters. The van der Waals surface area contributed by atoms with E-state index in [4.69, 9.17) is 4.98 Å². The molecule has 0 bridgehead atoms. The SMILES string of the molecule is CN1C(=O)N(CCCc2ccncc2)C(=O)C12CCN(Cc1nc(-c3ccccc3)cs1)CC2. The Bertz CT molecular complexity index is 1140. The zero-order valence-corrected chi connectivity index (χ0v) is 20.2. The summed E-state index contributed by atoms with van der Waals surface area (Å²) < 4.78 is 0. The van der Waals surface area contributed by atoms with E-state index in [-0.39, 0.29) is 11.9 Å². The summed E-state index contributed by atoms with van der Waals surface area (Å²) in [6, 6.07) is 14.0. The average Bonchev–Trinajstić information content (AvgIpc) is 3.41. The van der Waals surface area contributed by atoms with Crippen molar-refractivity contribution < 1.29 is 9.59 Å². The summed E-state index contributed by atoms with van der Waals surface area (Å²) in [5.41, 5.74) is 2.60. The zero-order chi connectivity index (χ0) is 23.5. The fourth-order valence-electron chi connectivity index (χ4n) is 4.98. The van der Waals surface area contributed by atoms with Crippen molar-refractivity contribution in [3.05, 3.63) is 70.8 Å². The van der Waals surface area contributed by atoms with E-state index in [1.54, 1.807) is 35.7 Å². The summed E-state index contributed by atoms with van der Waals surface area (Å²) in [4.78, 5) is 40.7. The lowest BCUT2D eigenvalue weighted by Gasteiger charge is -2.40. The third-order valence-corrected chi connectivity index (χ3v) is 7.90. The molecule has 2 aliphatic heterocycles. The molecule has 0 N–H and O–H groups in total. The summed E-state index contributed by atoms with van der Waals surface area (Å²) in [6.45, 7) is 2.77. The lowest BCUT2D eigenvalue weighted by Crippen LogP contribution is -2.55. The number of benzene rings is 1. The van der Waals surface area contributed by atoms with Crippen molar-refractivity contribution in [2.45, 2.75) is 37.8 Å². The van der Waals surface area contributed by atoms with Crippen LogP contribution < -0.4 is 0 Å². The van der Waals surface area contributed by atoms with Crippen molar-refractivity contribution in [1.29, 1.82) is 0 Å². The van der Waals surface area contributed by atoms with E-state index in [0.29, 0.717) is 19.4 Å². The Kier molecular flexibility index (Phi) is 6.43. The van der Waals surface area contributed by atoms with Crippen molar-refractivity contribution >= 4 is 23.3 Å². The van der Waals surface area contributed by atoms with Gasteiger partial charge in [-0.05, 0) is 43.4 Å². The summed E-state index contributed by atoms with van der Waals surface area (Å²) in [7, 11) is 1.78. The molecule has 3 amide bonds. The number of amides is 3. The molecule has 3 aromatic rings. The van der Waals surface area contributed by atoms with Crippen LogP contribution in [0.2, 0.25) is 0 Å². The molecule has 2 aliphatic rings. The molecule has 2 fully saturated rings. The second-order valence-electron chi connectivity index (χ2n) is 9.06. The Morgan fingerprint density at radius 3 is 2.50 bits per heavy atom. The van der Waals surface area contributed by atoms with Gasteiger partial charge in [0, 0.05) is 50.0 Å². The van der Waals surface area contributed by atoms with Crippen molar-refractivity contribution in [3.8, 4) is 11.3 Å². The van der Waals surface area contributed by atoms with Crippen LogP contribution in [0, 0.1) is 0 Å². The topological polar surface area (TPSA) is 69.6 Å². The average molecular weight is 476 g/mol. The van der Waals surface area contributed by atoms with Gasteiger partial charge in [-0.1, -0.05) is 30.3 Å². The molecular formula is C26H29N5O2S. The van der Waals surface area contributed by atoms with Gasteiger partial charge in [-0.3, -0.25) is 19.6 Å².